The summed E-state index contributed by atoms with van der Waals surface area (Å²) in [4.78, 5) is 96.7. The van der Waals surface area contributed by atoms with Crippen LogP contribution in [-0.2, 0) is 47.8 Å². The lowest BCUT2D eigenvalue weighted by Crippen LogP contribution is -2.70. The third-order valence-corrected chi connectivity index (χ3v) is 12.4. The molecule has 0 aliphatic carbocycles. The molecule has 0 spiro atoms. The number of hydrazine groups is 1. The Balaban J connectivity index is 2.04. The molecule has 3 fully saturated rings. The molecule has 3 aliphatic rings. The maximum atomic E-state index is 14.8. The zero-order valence-electron chi connectivity index (χ0n) is 39.0. The summed E-state index contributed by atoms with van der Waals surface area (Å²) in [5.41, 5.74) is 0.787. The molecule has 0 saturated carbocycles. The van der Waals surface area contributed by atoms with Crippen molar-refractivity contribution >= 4 is 41.4 Å². The minimum atomic E-state index is -2.76. The van der Waals surface area contributed by atoms with Crippen LogP contribution in [0.1, 0.15) is 100 Å². The van der Waals surface area contributed by atoms with Gasteiger partial charge in [0.05, 0.1) is 19.2 Å². The Labute approximate surface area is 371 Å². The van der Waals surface area contributed by atoms with E-state index in [0.29, 0.717) is 18.3 Å². The van der Waals surface area contributed by atoms with E-state index in [-0.39, 0.29) is 36.8 Å². The zero-order valence-corrected chi connectivity index (χ0v) is 39.0. The van der Waals surface area contributed by atoms with E-state index in [4.69, 9.17) is 14.2 Å². The van der Waals surface area contributed by atoms with Gasteiger partial charge in [0.15, 0.2) is 5.60 Å². The fourth-order valence-electron chi connectivity index (χ4n) is 8.34. The number of rotatable bonds is 12. The minimum absolute atomic E-state index is 0.00357. The number of aliphatic hydroxyl groups is 2. The average Bonchev–Trinajstić information content (AvgIpc) is 3.22. The van der Waals surface area contributed by atoms with Crippen molar-refractivity contribution in [2.45, 2.75) is 142 Å². The monoisotopic (exact) mass is 896 g/mol. The Morgan fingerprint density at radius 2 is 1.63 bits per heavy atom. The van der Waals surface area contributed by atoms with Gasteiger partial charge < -0.3 is 44.9 Å². The number of carbonyl (C=O) groups excluding carboxylic acids is 7. The zero-order chi connectivity index (χ0) is 47.6. The molecule has 63 heavy (non-hydrogen) atoms. The van der Waals surface area contributed by atoms with Crippen molar-refractivity contribution in [1.29, 1.82) is 0 Å². The van der Waals surface area contributed by atoms with Crippen molar-refractivity contribution in [3.8, 4) is 0 Å². The van der Waals surface area contributed by atoms with Crippen LogP contribution in [-0.4, -0.2) is 172 Å². The highest BCUT2D eigenvalue weighted by Gasteiger charge is 2.58. The van der Waals surface area contributed by atoms with Crippen LogP contribution in [0.3, 0.4) is 0 Å². The maximum absolute atomic E-state index is 14.8. The van der Waals surface area contributed by atoms with E-state index in [1.54, 1.807) is 13.8 Å². The number of ether oxygens (including phenoxy) is 3. The fraction of sp³-hybridized carbons (Fsp3) is 0.791. The van der Waals surface area contributed by atoms with Crippen molar-refractivity contribution in [3.63, 3.8) is 0 Å². The molecule has 20 heteroatoms. The summed E-state index contributed by atoms with van der Waals surface area (Å²) in [6.07, 6.45) is 2.43. The molecule has 3 saturated heterocycles. The Morgan fingerprint density at radius 3 is 2.25 bits per heavy atom. The third-order valence-electron chi connectivity index (χ3n) is 12.4. The van der Waals surface area contributed by atoms with Crippen LogP contribution in [0.4, 0.5) is 0 Å². The van der Waals surface area contributed by atoms with E-state index in [0.717, 1.165) is 46.6 Å². The number of esters is 1. The molecule has 0 radical (unpaired) electrons. The summed E-state index contributed by atoms with van der Waals surface area (Å²) in [5, 5.41) is 40.9. The van der Waals surface area contributed by atoms with E-state index in [9.17, 15) is 49.0 Å². The quantitative estimate of drug-likeness (QED) is 0.0886. The highest BCUT2D eigenvalue weighted by molar-refractivity contribution is 5.96. The Morgan fingerprint density at radius 1 is 0.984 bits per heavy atom. The average molecular weight is 896 g/mol. The molecule has 3 heterocycles. The van der Waals surface area contributed by atoms with Crippen LogP contribution < -0.4 is 16.1 Å². The second-order valence-corrected chi connectivity index (χ2v) is 18.3. The number of carbonyl (C=O) groups is 7. The summed E-state index contributed by atoms with van der Waals surface area (Å²) in [5.74, 6) is -8.78. The van der Waals surface area contributed by atoms with Gasteiger partial charge in [0.2, 0.25) is 23.5 Å². The first-order chi connectivity index (χ1) is 29.4. The first-order valence-electron chi connectivity index (χ1n) is 22.0. The molecular formula is C43H73N7O13. The smallest absolute Gasteiger partial charge is 0.325 e. The van der Waals surface area contributed by atoms with E-state index >= 15 is 0 Å². The topological polar surface area (TPSA) is 257 Å². The molecule has 6 amide bonds. The number of nitrogens with one attached hydrogen (secondary N) is 3. The number of hydroxylamine groups is 2. The summed E-state index contributed by atoms with van der Waals surface area (Å²) >= 11 is 0. The fourth-order valence-corrected chi connectivity index (χ4v) is 8.34. The van der Waals surface area contributed by atoms with Gasteiger partial charge in [-0.25, -0.2) is 10.5 Å². The molecule has 3 aliphatic heterocycles. The van der Waals surface area contributed by atoms with E-state index in [1.807, 2.05) is 13.0 Å². The normalized spacial score (nSPS) is 29.4. The van der Waals surface area contributed by atoms with Gasteiger partial charge in [-0.15, -0.1) is 0 Å². The van der Waals surface area contributed by atoms with Gasteiger partial charge in [0, 0.05) is 34.2 Å². The van der Waals surface area contributed by atoms with Crippen LogP contribution in [0.2, 0.25) is 0 Å². The molecule has 0 unspecified atom stereocenters. The van der Waals surface area contributed by atoms with Crippen molar-refractivity contribution < 1.29 is 63.2 Å². The summed E-state index contributed by atoms with van der Waals surface area (Å²) in [6.45, 7) is 12.3. The Bertz CT molecular complexity index is 1680. The molecule has 0 aromatic carbocycles. The van der Waals surface area contributed by atoms with E-state index in [1.165, 1.54) is 21.2 Å². The van der Waals surface area contributed by atoms with Crippen LogP contribution in [0.25, 0.3) is 0 Å². The number of cyclic esters (lactones) is 1. The van der Waals surface area contributed by atoms with Crippen molar-refractivity contribution in [3.05, 3.63) is 11.6 Å². The summed E-state index contributed by atoms with van der Waals surface area (Å²) in [6, 6.07) is -3.30. The first-order valence-corrected chi connectivity index (χ1v) is 22.0. The molecule has 358 valence electrons. The number of nitrogens with zero attached hydrogens (tertiary/aromatic N) is 4. The van der Waals surface area contributed by atoms with Crippen molar-refractivity contribution in [2.75, 3.05) is 53.9 Å². The van der Waals surface area contributed by atoms with Gasteiger partial charge in [0.25, 0.3) is 17.7 Å². The molecule has 6 N–H and O–H groups in total. The molecule has 0 aromatic heterocycles. The lowest BCUT2D eigenvalue weighted by molar-refractivity contribution is -0.328. The predicted molar refractivity (Wildman–Crippen MR) is 228 cm³/mol. The summed E-state index contributed by atoms with van der Waals surface area (Å²) in [7, 11) is 4.03. The molecule has 0 aromatic rings. The third kappa shape index (κ3) is 13.9. The van der Waals surface area contributed by atoms with Gasteiger partial charge in [-0.1, -0.05) is 54.0 Å². The van der Waals surface area contributed by atoms with Crippen molar-refractivity contribution in [2.24, 2.45) is 23.7 Å². The number of methoxy groups -OCH3 is 1. The molecule has 20 nitrogen and oxygen atoms in total. The number of fused-ring (bicyclic) bond motifs is 1. The lowest BCUT2D eigenvalue weighted by Gasteiger charge is -2.48. The van der Waals surface area contributed by atoms with Crippen molar-refractivity contribution in [1.82, 2.24) is 35.9 Å². The van der Waals surface area contributed by atoms with Gasteiger partial charge >= 0.3 is 5.97 Å². The second-order valence-electron chi connectivity index (χ2n) is 18.3. The largest absolute Gasteiger partial charge is 0.458 e. The Hall–Kier alpha value is -4.21. The highest BCUT2D eigenvalue weighted by atomic mass is 16.7. The molecule has 3 rings (SSSR count). The first kappa shape index (κ1) is 53.1. The minimum Gasteiger partial charge on any atom is -0.458 e. The van der Waals surface area contributed by atoms with Crippen LogP contribution in [0.5, 0.6) is 0 Å². The molecule has 0 bridgehead atoms. The maximum Gasteiger partial charge on any atom is 0.325 e. The van der Waals surface area contributed by atoms with E-state index < -0.39 is 115 Å². The molecule has 10 atom stereocenters. The van der Waals surface area contributed by atoms with Gasteiger partial charge in [-0.2, -0.15) is 0 Å². The Kier molecular flexibility index (Phi) is 19.5. The van der Waals surface area contributed by atoms with Gasteiger partial charge in [-0.3, -0.25) is 43.8 Å². The number of hydrogen-bond acceptors (Lipinski definition) is 14. The van der Waals surface area contributed by atoms with Crippen LogP contribution in [0.15, 0.2) is 11.6 Å². The lowest BCUT2D eigenvalue weighted by atomic mass is 9.83. The number of allylic oxidation sites excluding steroid dienone is 1. The highest BCUT2D eigenvalue weighted by Crippen LogP contribution is 2.39. The van der Waals surface area contributed by atoms with Crippen LogP contribution >= 0.6 is 0 Å². The van der Waals surface area contributed by atoms with Gasteiger partial charge in [0.1, 0.15) is 37.4 Å². The van der Waals surface area contributed by atoms with Crippen LogP contribution in [0, 0.1) is 23.7 Å². The number of hydrogen-bond donors (Lipinski definition) is 6. The standard InChI is InChI=1S/C43H73N7O13/c1-12-26(4)18-27(5)19-28(6)20-29(7)38-31(61-11)15-16-43(59,63-38)42(8,58)41(57)46-36-37(25(2)3)62-35(54)24-48(10)33(52)21-44-32(51)22-47(9)34(53)23-49(60)39(55)30-14-13-17-45-50(30)40(36)56/h20,25-28,30-31,36-38,45,58-60H,12-19,21-24H2,1-11H3,(H,44,51)(H,46,57)/b29-20+/t26-,27-,28+,30+,31+,36+,37+,38-,42+,43-/m0/s1. The van der Waals surface area contributed by atoms with Gasteiger partial charge in [-0.05, 0) is 75.2 Å². The van der Waals surface area contributed by atoms with E-state index in [2.05, 4.69) is 43.8 Å². The predicted octanol–water partition coefficient (Wildman–Crippen LogP) is 0.477. The number of amides is 6. The number of likely N-dealkylation sites (N-methyl/N-ethyl adjacent to an activating group) is 2. The SMILES string of the molecule is CC[C@H](C)C[C@H](C)C[C@@H](C)/C=C(\C)[C@@H]1O[C@](O)([C@](C)(O)C(=O)N[C@H]2C(=O)N3NCCC[C@@H]3C(=O)N(O)CC(=O)N(C)CC(=O)NCC(=O)N(C)CC(=O)O[C@@H]2C(C)C)CC[C@H]1OC. The second kappa shape index (κ2) is 23.1. The summed E-state index contributed by atoms with van der Waals surface area (Å²) < 4.78 is 17.8. The molecular weight excluding hydrogens is 823 g/mol.